The average Bonchev–Trinajstić information content (AvgIpc) is 2.51. The van der Waals surface area contributed by atoms with E-state index in [-0.39, 0.29) is 19.1 Å². The van der Waals surface area contributed by atoms with Crippen LogP contribution in [0.5, 0.6) is 0 Å². The molecular formula is C12H22N2O4. The highest BCUT2D eigenvalue weighted by Gasteiger charge is 2.25. The van der Waals surface area contributed by atoms with E-state index in [0.717, 1.165) is 38.9 Å². The van der Waals surface area contributed by atoms with Gasteiger partial charge in [-0.3, -0.25) is 14.5 Å². The summed E-state index contributed by atoms with van der Waals surface area (Å²) in [6.07, 6.45) is 2.71. The lowest BCUT2D eigenvalue weighted by Gasteiger charge is -2.28. The first kappa shape index (κ1) is 14.9. The summed E-state index contributed by atoms with van der Waals surface area (Å²) in [5, 5.41) is 17.7. The molecule has 1 atom stereocenters. The van der Waals surface area contributed by atoms with E-state index < -0.39 is 11.9 Å². The van der Waals surface area contributed by atoms with Crippen LogP contribution in [0.3, 0.4) is 0 Å². The van der Waals surface area contributed by atoms with Crippen molar-refractivity contribution in [3.8, 4) is 0 Å². The largest absolute Gasteiger partial charge is 0.480 e. The van der Waals surface area contributed by atoms with Crippen molar-refractivity contribution in [1.82, 2.24) is 9.80 Å². The van der Waals surface area contributed by atoms with E-state index >= 15 is 0 Å². The van der Waals surface area contributed by atoms with Crippen molar-refractivity contribution in [1.29, 1.82) is 0 Å². The maximum absolute atomic E-state index is 10.8. The molecule has 1 saturated heterocycles. The zero-order chi connectivity index (χ0) is 13.5. The van der Waals surface area contributed by atoms with Gasteiger partial charge in [0.25, 0.3) is 0 Å². The second kappa shape index (κ2) is 7.33. The summed E-state index contributed by atoms with van der Waals surface area (Å²) in [7, 11) is 0. The summed E-state index contributed by atoms with van der Waals surface area (Å²) in [6.45, 7) is 4.64. The Morgan fingerprint density at radius 1 is 1.17 bits per heavy atom. The van der Waals surface area contributed by atoms with Gasteiger partial charge in [0, 0.05) is 6.04 Å². The molecule has 0 spiro atoms. The van der Waals surface area contributed by atoms with Crippen LogP contribution in [0, 0.1) is 0 Å². The van der Waals surface area contributed by atoms with Crippen LogP contribution >= 0.6 is 0 Å². The Hall–Kier alpha value is -1.14. The molecule has 6 heteroatoms. The molecule has 0 aromatic heterocycles. The number of carboxylic acid groups (broad SMARTS) is 2. The maximum Gasteiger partial charge on any atom is 0.317 e. The van der Waals surface area contributed by atoms with Crippen LogP contribution in [-0.4, -0.2) is 70.7 Å². The molecule has 1 aliphatic heterocycles. The van der Waals surface area contributed by atoms with E-state index in [1.807, 2.05) is 0 Å². The molecule has 0 aliphatic carbocycles. The summed E-state index contributed by atoms with van der Waals surface area (Å²) in [4.78, 5) is 25.5. The Kier molecular flexibility index (Phi) is 6.07. The third-order valence-electron chi connectivity index (χ3n) is 3.43. The standard InChI is InChI=1S/C12H22N2O4/c1-2-13-6-3-4-10(5-7-13)14(8-11(15)16)9-12(17)18/h10H,2-9H2,1H3,(H,15,16)(H,17,18). The van der Waals surface area contributed by atoms with Crippen LogP contribution in [0.2, 0.25) is 0 Å². The van der Waals surface area contributed by atoms with Crippen molar-refractivity contribution in [2.75, 3.05) is 32.7 Å². The molecule has 0 aromatic rings. The predicted molar refractivity (Wildman–Crippen MR) is 66.6 cm³/mol. The number of carbonyl (C=O) groups is 2. The Morgan fingerprint density at radius 2 is 1.78 bits per heavy atom. The minimum Gasteiger partial charge on any atom is -0.480 e. The first-order valence-corrected chi connectivity index (χ1v) is 6.43. The topological polar surface area (TPSA) is 81.1 Å². The van der Waals surface area contributed by atoms with E-state index in [2.05, 4.69) is 11.8 Å². The highest BCUT2D eigenvalue weighted by atomic mass is 16.4. The molecular weight excluding hydrogens is 236 g/mol. The SMILES string of the molecule is CCN1CCCC(N(CC(=O)O)CC(=O)O)CC1. The summed E-state index contributed by atoms with van der Waals surface area (Å²) < 4.78 is 0. The van der Waals surface area contributed by atoms with Crippen LogP contribution < -0.4 is 0 Å². The first-order chi connectivity index (χ1) is 8.52. The average molecular weight is 258 g/mol. The van der Waals surface area contributed by atoms with Crippen molar-refractivity contribution >= 4 is 11.9 Å². The van der Waals surface area contributed by atoms with Crippen LogP contribution in [0.15, 0.2) is 0 Å². The number of rotatable bonds is 6. The highest BCUT2D eigenvalue weighted by Crippen LogP contribution is 2.16. The predicted octanol–water partition coefficient (Wildman–Crippen LogP) is 0.332. The number of hydrogen-bond acceptors (Lipinski definition) is 4. The summed E-state index contributed by atoms with van der Waals surface area (Å²) in [5.74, 6) is -1.93. The number of likely N-dealkylation sites (tertiary alicyclic amines) is 1. The molecule has 1 rings (SSSR count). The van der Waals surface area contributed by atoms with E-state index in [4.69, 9.17) is 10.2 Å². The minimum absolute atomic E-state index is 0.0637. The molecule has 6 nitrogen and oxygen atoms in total. The zero-order valence-electron chi connectivity index (χ0n) is 10.8. The fraction of sp³-hybridized carbons (Fsp3) is 0.833. The molecule has 18 heavy (non-hydrogen) atoms. The molecule has 104 valence electrons. The van der Waals surface area contributed by atoms with Crippen LogP contribution in [-0.2, 0) is 9.59 Å². The second-order valence-electron chi connectivity index (χ2n) is 4.71. The van der Waals surface area contributed by atoms with Gasteiger partial charge >= 0.3 is 11.9 Å². The minimum atomic E-state index is -0.965. The lowest BCUT2D eigenvalue weighted by Crippen LogP contribution is -2.42. The monoisotopic (exact) mass is 258 g/mol. The van der Waals surface area contributed by atoms with Gasteiger partial charge in [-0.05, 0) is 38.9 Å². The lowest BCUT2D eigenvalue weighted by atomic mass is 10.1. The fourth-order valence-corrected chi connectivity index (χ4v) is 2.48. The van der Waals surface area contributed by atoms with Crippen molar-refractivity contribution in [3.63, 3.8) is 0 Å². The van der Waals surface area contributed by atoms with E-state index in [1.54, 1.807) is 4.90 Å². The quantitative estimate of drug-likeness (QED) is 0.714. The van der Waals surface area contributed by atoms with Gasteiger partial charge in [-0.25, -0.2) is 0 Å². The smallest absolute Gasteiger partial charge is 0.317 e. The van der Waals surface area contributed by atoms with Crippen LogP contribution in [0.25, 0.3) is 0 Å². The van der Waals surface area contributed by atoms with Gasteiger partial charge in [0.05, 0.1) is 13.1 Å². The molecule has 1 unspecified atom stereocenters. The van der Waals surface area contributed by atoms with Gasteiger partial charge in [0.15, 0.2) is 0 Å². The third-order valence-corrected chi connectivity index (χ3v) is 3.43. The third kappa shape index (κ3) is 5.01. The number of carboxylic acids is 2. The molecule has 1 fully saturated rings. The van der Waals surface area contributed by atoms with Gasteiger partial charge in [0.2, 0.25) is 0 Å². The Bertz CT molecular complexity index is 280. The molecule has 0 bridgehead atoms. The summed E-state index contributed by atoms with van der Waals surface area (Å²) in [5.41, 5.74) is 0. The van der Waals surface area contributed by atoms with Crippen molar-refractivity contribution in [2.45, 2.75) is 32.2 Å². The van der Waals surface area contributed by atoms with Gasteiger partial charge in [-0.2, -0.15) is 0 Å². The highest BCUT2D eigenvalue weighted by molar-refractivity contribution is 5.72. The molecule has 0 radical (unpaired) electrons. The van der Waals surface area contributed by atoms with Gasteiger partial charge < -0.3 is 15.1 Å². The van der Waals surface area contributed by atoms with Gasteiger partial charge in [-0.1, -0.05) is 6.92 Å². The van der Waals surface area contributed by atoms with Gasteiger partial charge in [0.1, 0.15) is 0 Å². The molecule has 0 saturated carbocycles. The number of nitrogens with zero attached hydrogens (tertiary/aromatic N) is 2. The van der Waals surface area contributed by atoms with Crippen molar-refractivity contribution < 1.29 is 19.8 Å². The van der Waals surface area contributed by atoms with Crippen LogP contribution in [0.4, 0.5) is 0 Å². The zero-order valence-corrected chi connectivity index (χ0v) is 10.8. The lowest BCUT2D eigenvalue weighted by molar-refractivity contribution is -0.143. The first-order valence-electron chi connectivity index (χ1n) is 6.43. The fourth-order valence-electron chi connectivity index (χ4n) is 2.48. The normalized spacial score (nSPS) is 21.8. The Balaban J connectivity index is 2.60. The number of hydrogen-bond donors (Lipinski definition) is 2. The van der Waals surface area contributed by atoms with Crippen LogP contribution in [0.1, 0.15) is 26.2 Å². The second-order valence-corrected chi connectivity index (χ2v) is 4.71. The van der Waals surface area contributed by atoms with Crippen molar-refractivity contribution in [2.24, 2.45) is 0 Å². The molecule has 1 aliphatic rings. The Morgan fingerprint density at radius 3 is 2.28 bits per heavy atom. The Labute approximate surface area is 107 Å². The van der Waals surface area contributed by atoms with Gasteiger partial charge in [-0.15, -0.1) is 0 Å². The van der Waals surface area contributed by atoms with E-state index in [9.17, 15) is 9.59 Å². The summed E-state index contributed by atoms with van der Waals surface area (Å²) in [6, 6.07) is 0.0637. The van der Waals surface area contributed by atoms with Crippen molar-refractivity contribution in [3.05, 3.63) is 0 Å². The van der Waals surface area contributed by atoms with E-state index in [1.165, 1.54) is 0 Å². The molecule has 0 aromatic carbocycles. The van der Waals surface area contributed by atoms with E-state index in [0.29, 0.717) is 0 Å². The number of aliphatic carboxylic acids is 2. The summed E-state index contributed by atoms with van der Waals surface area (Å²) >= 11 is 0. The molecule has 0 amide bonds. The molecule has 1 heterocycles. The maximum atomic E-state index is 10.8. The molecule has 2 N–H and O–H groups in total.